The average molecular weight is 435 g/mol. The largest absolute Gasteiger partial charge is 0.368 e. The van der Waals surface area contributed by atoms with Gasteiger partial charge in [-0.3, -0.25) is 4.79 Å². The molecule has 160 valence electrons. The lowest BCUT2D eigenvalue weighted by molar-refractivity contribution is -0.132. The van der Waals surface area contributed by atoms with E-state index >= 15 is 0 Å². The zero-order valence-corrected chi connectivity index (χ0v) is 18.7. The van der Waals surface area contributed by atoms with Crippen molar-refractivity contribution in [3.05, 3.63) is 47.2 Å². The molecule has 1 aliphatic heterocycles. The van der Waals surface area contributed by atoms with Crippen LogP contribution < -0.4 is 10.2 Å². The summed E-state index contributed by atoms with van der Waals surface area (Å²) in [5.74, 6) is 1.23. The summed E-state index contributed by atoms with van der Waals surface area (Å²) in [7, 11) is 0. The number of nitrogens with zero attached hydrogens (tertiary/aromatic N) is 5. The van der Waals surface area contributed by atoms with Crippen molar-refractivity contribution in [1.29, 1.82) is 0 Å². The number of anilines is 3. The van der Waals surface area contributed by atoms with Crippen LogP contribution >= 0.6 is 11.3 Å². The topological polar surface area (TPSA) is 74.2 Å². The van der Waals surface area contributed by atoms with Gasteiger partial charge in [-0.2, -0.15) is 0 Å². The van der Waals surface area contributed by atoms with Crippen LogP contribution in [0, 0.1) is 19.8 Å². The number of amides is 1. The van der Waals surface area contributed by atoms with Crippen molar-refractivity contribution in [3.8, 4) is 10.6 Å². The third-order valence-corrected chi connectivity index (χ3v) is 6.89. The lowest BCUT2D eigenvalue weighted by atomic mass is 10.2. The SMILES string of the molecule is Cc1nc(C)c(-c2ccnc(Nc3ccc(N4CCN(C(=O)C5CC5)CC4)cc3)n2)s1. The Bertz CT molecular complexity index is 1080. The maximum absolute atomic E-state index is 12.2. The van der Waals surface area contributed by atoms with Gasteiger partial charge in [-0.1, -0.05) is 0 Å². The van der Waals surface area contributed by atoms with E-state index in [9.17, 15) is 4.79 Å². The van der Waals surface area contributed by atoms with E-state index in [1.165, 1.54) is 5.69 Å². The van der Waals surface area contributed by atoms with E-state index in [0.29, 0.717) is 17.8 Å². The highest BCUT2D eigenvalue weighted by molar-refractivity contribution is 7.15. The third-order valence-electron chi connectivity index (χ3n) is 5.80. The Labute approximate surface area is 186 Å². The fourth-order valence-corrected chi connectivity index (χ4v) is 4.86. The number of hydrogen-bond acceptors (Lipinski definition) is 7. The number of carbonyl (C=O) groups excluding carboxylic acids is 1. The molecule has 5 rings (SSSR count). The number of benzene rings is 1. The predicted molar refractivity (Wildman–Crippen MR) is 124 cm³/mol. The molecule has 3 aromatic rings. The zero-order valence-electron chi connectivity index (χ0n) is 17.8. The first-order valence-corrected chi connectivity index (χ1v) is 11.6. The molecule has 1 aliphatic carbocycles. The van der Waals surface area contributed by atoms with E-state index < -0.39 is 0 Å². The van der Waals surface area contributed by atoms with Crippen LogP contribution in [0.3, 0.4) is 0 Å². The molecule has 2 aromatic heterocycles. The Morgan fingerprint density at radius 1 is 1.03 bits per heavy atom. The predicted octanol–water partition coefficient (Wildman–Crippen LogP) is 4.02. The van der Waals surface area contributed by atoms with Gasteiger partial charge < -0.3 is 15.1 Å². The Hall–Kier alpha value is -3.00. The van der Waals surface area contributed by atoms with Crippen LogP contribution in [-0.4, -0.2) is 51.9 Å². The number of carbonyl (C=O) groups is 1. The van der Waals surface area contributed by atoms with E-state index in [1.54, 1.807) is 17.5 Å². The lowest BCUT2D eigenvalue weighted by Crippen LogP contribution is -2.49. The van der Waals surface area contributed by atoms with Crippen LogP contribution in [0.4, 0.5) is 17.3 Å². The van der Waals surface area contributed by atoms with E-state index in [1.807, 2.05) is 24.8 Å². The summed E-state index contributed by atoms with van der Waals surface area (Å²) < 4.78 is 0. The Morgan fingerprint density at radius 2 is 1.77 bits per heavy atom. The van der Waals surface area contributed by atoms with E-state index in [2.05, 4.69) is 49.4 Å². The molecule has 1 N–H and O–H groups in total. The quantitative estimate of drug-likeness (QED) is 0.654. The molecule has 1 saturated carbocycles. The molecular formula is C23H26N6OS. The van der Waals surface area contributed by atoms with Gasteiger partial charge in [0.1, 0.15) is 0 Å². The van der Waals surface area contributed by atoms with Crippen molar-refractivity contribution >= 4 is 34.6 Å². The minimum absolute atomic E-state index is 0.307. The summed E-state index contributed by atoms with van der Waals surface area (Å²) in [6.45, 7) is 7.40. The smallest absolute Gasteiger partial charge is 0.227 e. The standard InChI is InChI=1S/C23H26N6OS/c1-15-21(31-16(2)25-15)20-9-10-24-23(27-20)26-18-5-7-19(8-6-18)28-11-13-29(14-12-28)22(30)17-3-4-17/h5-10,17H,3-4,11-14H2,1-2H3,(H,24,26,27). The summed E-state index contributed by atoms with van der Waals surface area (Å²) in [5, 5.41) is 4.34. The van der Waals surface area contributed by atoms with Crippen molar-refractivity contribution in [2.24, 2.45) is 5.92 Å². The molecule has 0 bridgehead atoms. The first kappa shape index (κ1) is 19.9. The highest BCUT2D eigenvalue weighted by Crippen LogP contribution is 2.32. The van der Waals surface area contributed by atoms with Crippen LogP contribution in [0.1, 0.15) is 23.5 Å². The molecule has 2 fully saturated rings. The molecular weight excluding hydrogens is 408 g/mol. The van der Waals surface area contributed by atoms with E-state index in [4.69, 9.17) is 0 Å². The average Bonchev–Trinajstić information content (AvgIpc) is 3.58. The van der Waals surface area contributed by atoms with Crippen molar-refractivity contribution in [2.75, 3.05) is 36.4 Å². The summed E-state index contributed by atoms with van der Waals surface area (Å²) in [6, 6.07) is 10.2. The molecule has 0 atom stereocenters. The molecule has 31 heavy (non-hydrogen) atoms. The highest BCUT2D eigenvalue weighted by atomic mass is 32.1. The molecule has 8 heteroatoms. The van der Waals surface area contributed by atoms with Crippen molar-refractivity contribution < 1.29 is 4.79 Å². The molecule has 0 unspecified atom stereocenters. The van der Waals surface area contributed by atoms with Gasteiger partial charge in [0, 0.05) is 49.7 Å². The molecule has 2 aliphatic rings. The van der Waals surface area contributed by atoms with Gasteiger partial charge in [0.2, 0.25) is 11.9 Å². The lowest BCUT2D eigenvalue weighted by Gasteiger charge is -2.36. The first-order chi connectivity index (χ1) is 15.1. The van der Waals surface area contributed by atoms with Gasteiger partial charge in [-0.25, -0.2) is 15.0 Å². The van der Waals surface area contributed by atoms with Crippen LogP contribution in [0.2, 0.25) is 0 Å². The van der Waals surface area contributed by atoms with Gasteiger partial charge in [-0.15, -0.1) is 11.3 Å². The van der Waals surface area contributed by atoms with Crippen molar-refractivity contribution in [1.82, 2.24) is 19.9 Å². The minimum Gasteiger partial charge on any atom is -0.368 e. The normalized spacial score (nSPS) is 16.5. The molecule has 1 aromatic carbocycles. The van der Waals surface area contributed by atoms with Crippen LogP contribution in [0.15, 0.2) is 36.5 Å². The van der Waals surface area contributed by atoms with Gasteiger partial charge in [0.15, 0.2) is 0 Å². The third kappa shape index (κ3) is 4.39. The number of hydrogen-bond donors (Lipinski definition) is 1. The van der Waals surface area contributed by atoms with Gasteiger partial charge in [0.25, 0.3) is 0 Å². The second-order valence-electron chi connectivity index (χ2n) is 8.17. The maximum atomic E-state index is 12.2. The van der Waals surface area contributed by atoms with Gasteiger partial charge in [0.05, 0.1) is 21.3 Å². The highest BCUT2D eigenvalue weighted by Gasteiger charge is 2.34. The van der Waals surface area contributed by atoms with Gasteiger partial charge in [-0.05, 0) is 57.0 Å². The number of nitrogens with one attached hydrogen (secondary N) is 1. The summed E-state index contributed by atoms with van der Waals surface area (Å²) in [6.07, 6.45) is 3.92. The van der Waals surface area contributed by atoms with Crippen LogP contribution in [-0.2, 0) is 4.79 Å². The molecule has 1 amide bonds. The molecule has 0 radical (unpaired) electrons. The van der Waals surface area contributed by atoms with Gasteiger partial charge >= 0.3 is 0 Å². The van der Waals surface area contributed by atoms with Crippen LogP contribution in [0.5, 0.6) is 0 Å². The number of piperazine rings is 1. The summed E-state index contributed by atoms with van der Waals surface area (Å²) in [5.41, 5.74) is 4.00. The van der Waals surface area contributed by atoms with E-state index in [-0.39, 0.29) is 0 Å². The Balaban J connectivity index is 1.22. The molecule has 7 nitrogen and oxygen atoms in total. The van der Waals surface area contributed by atoms with Crippen molar-refractivity contribution in [2.45, 2.75) is 26.7 Å². The number of aryl methyl sites for hydroxylation is 2. The summed E-state index contributed by atoms with van der Waals surface area (Å²) in [4.78, 5) is 31.2. The zero-order chi connectivity index (χ0) is 21.4. The molecule has 1 saturated heterocycles. The second kappa shape index (κ2) is 8.26. The monoisotopic (exact) mass is 434 g/mol. The number of thiazole rings is 1. The van der Waals surface area contributed by atoms with E-state index in [0.717, 1.165) is 66.0 Å². The number of rotatable bonds is 5. The Kier molecular flexibility index (Phi) is 5.31. The number of aromatic nitrogens is 3. The van der Waals surface area contributed by atoms with Crippen LogP contribution in [0.25, 0.3) is 10.6 Å². The molecule has 3 heterocycles. The molecule has 0 spiro atoms. The maximum Gasteiger partial charge on any atom is 0.227 e. The second-order valence-corrected chi connectivity index (χ2v) is 9.37. The fraction of sp³-hybridized carbons (Fsp3) is 0.391. The first-order valence-electron chi connectivity index (χ1n) is 10.7. The van der Waals surface area contributed by atoms with Crippen molar-refractivity contribution in [3.63, 3.8) is 0 Å². The fourth-order valence-electron chi connectivity index (χ4n) is 3.97. The minimum atomic E-state index is 0.307. The Morgan fingerprint density at radius 3 is 2.42 bits per heavy atom. The summed E-state index contributed by atoms with van der Waals surface area (Å²) >= 11 is 1.65.